The van der Waals surface area contributed by atoms with E-state index in [1.165, 1.54) is 16.5 Å². The Bertz CT molecular complexity index is 760. The maximum atomic E-state index is 13.9. The van der Waals surface area contributed by atoms with Gasteiger partial charge in [0.05, 0.1) is 5.92 Å². The summed E-state index contributed by atoms with van der Waals surface area (Å²) in [5.41, 5.74) is 1.27. The monoisotopic (exact) mass is 395 g/mol. The second-order valence-corrected chi connectivity index (χ2v) is 7.86. The Hall–Kier alpha value is -1.47. The number of fused-ring (bicyclic) bond motifs is 1. The third-order valence-corrected chi connectivity index (χ3v) is 5.89. The van der Waals surface area contributed by atoms with Gasteiger partial charge in [-0.1, -0.05) is 0 Å². The molecular formula is C16H15BrFN3OS. The van der Waals surface area contributed by atoms with Crippen LogP contribution in [0.25, 0.3) is 0 Å². The largest absolute Gasteiger partial charge is 0.352 e. The van der Waals surface area contributed by atoms with Crippen molar-refractivity contribution in [1.82, 2.24) is 9.88 Å². The summed E-state index contributed by atoms with van der Waals surface area (Å²) < 4.78 is 14.5. The Labute approximate surface area is 146 Å². The predicted molar refractivity (Wildman–Crippen MR) is 91.0 cm³/mol. The average Bonchev–Trinajstić information content (AvgIpc) is 2.95. The lowest BCUT2D eigenvalue weighted by Gasteiger charge is -2.42. The van der Waals surface area contributed by atoms with Crippen molar-refractivity contribution in [2.45, 2.75) is 13.0 Å². The molecule has 0 atom stereocenters. The number of aromatic nitrogens is 1. The van der Waals surface area contributed by atoms with Crippen LogP contribution in [0.4, 0.5) is 10.2 Å². The van der Waals surface area contributed by atoms with Crippen LogP contribution in [0.3, 0.4) is 0 Å². The molecule has 1 saturated heterocycles. The molecule has 0 unspecified atom stereocenters. The number of rotatable bonds is 2. The average molecular weight is 396 g/mol. The highest BCUT2D eigenvalue weighted by Gasteiger charge is 2.38. The van der Waals surface area contributed by atoms with Crippen LogP contribution in [-0.2, 0) is 17.8 Å². The van der Waals surface area contributed by atoms with Crippen molar-refractivity contribution in [3.05, 3.63) is 44.4 Å². The highest BCUT2D eigenvalue weighted by Crippen LogP contribution is 2.30. The number of hydrogen-bond donors (Lipinski definition) is 0. The number of nitrogens with zero attached hydrogens (tertiary/aromatic N) is 3. The van der Waals surface area contributed by atoms with Gasteiger partial charge >= 0.3 is 0 Å². The summed E-state index contributed by atoms with van der Waals surface area (Å²) in [4.78, 5) is 21.9. The van der Waals surface area contributed by atoms with E-state index in [2.05, 4.69) is 32.4 Å². The Morgan fingerprint density at radius 3 is 3.04 bits per heavy atom. The third kappa shape index (κ3) is 2.76. The molecule has 2 aliphatic rings. The molecule has 4 heterocycles. The molecule has 0 aromatic carbocycles. The fourth-order valence-electron chi connectivity index (χ4n) is 3.14. The molecule has 0 saturated carbocycles. The van der Waals surface area contributed by atoms with Gasteiger partial charge in [-0.2, -0.15) is 0 Å². The van der Waals surface area contributed by atoms with Crippen LogP contribution in [0, 0.1) is 11.7 Å². The highest BCUT2D eigenvalue weighted by molar-refractivity contribution is 9.10. The van der Waals surface area contributed by atoms with Gasteiger partial charge < -0.3 is 9.80 Å². The van der Waals surface area contributed by atoms with Crippen LogP contribution in [-0.4, -0.2) is 35.4 Å². The van der Waals surface area contributed by atoms with Gasteiger partial charge in [-0.05, 0) is 45.4 Å². The van der Waals surface area contributed by atoms with Gasteiger partial charge in [0.1, 0.15) is 0 Å². The van der Waals surface area contributed by atoms with E-state index in [4.69, 9.17) is 0 Å². The first kappa shape index (κ1) is 15.1. The van der Waals surface area contributed by atoms with Gasteiger partial charge in [-0.15, -0.1) is 11.3 Å². The number of anilines is 1. The number of thiophene rings is 1. The van der Waals surface area contributed by atoms with E-state index in [0.29, 0.717) is 29.9 Å². The molecule has 1 amide bonds. The topological polar surface area (TPSA) is 36.4 Å². The molecule has 2 aromatic rings. The third-order valence-electron chi connectivity index (χ3n) is 4.44. The number of carbonyl (C=O) groups excluding carboxylic acids is 1. The van der Waals surface area contributed by atoms with E-state index in [-0.39, 0.29) is 17.6 Å². The Balaban J connectivity index is 1.39. The molecule has 4 rings (SSSR count). The number of amides is 1. The van der Waals surface area contributed by atoms with E-state index < -0.39 is 0 Å². The van der Waals surface area contributed by atoms with Crippen LogP contribution in [0.5, 0.6) is 0 Å². The molecule has 4 nitrogen and oxygen atoms in total. The van der Waals surface area contributed by atoms with Crippen molar-refractivity contribution in [2.75, 3.05) is 24.5 Å². The fraction of sp³-hybridized carbons (Fsp3) is 0.375. The summed E-state index contributed by atoms with van der Waals surface area (Å²) in [6, 6.07) is 3.51. The molecule has 2 aliphatic heterocycles. The van der Waals surface area contributed by atoms with Crippen LogP contribution in [0.15, 0.2) is 28.2 Å². The number of hydrogen-bond acceptors (Lipinski definition) is 4. The first-order valence-corrected chi connectivity index (χ1v) is 9.19. The molecule has 120 valence electrons. The van der Waals surface area contributed by atoms with Crippen LogP contribution in [0.1, 0.15) is 10.4 Å². The Kier molecular flexibility index (Phi) is 3.85. The molecule has 7 heteroatoms. The van der Waals surface area contributed by atoms with E-state index in [1.807, 2.05) is 9.80 Å². The van der Waals surface area contributed by atoms with Crippen molar-refractivity contribution in [1.29, 1.82) is 0 Å². The summed E-state index contributed by atoms with van der Waals surface area (Å²) in [5, 5.41) is 2.09. The SMILES string of the molecule is O=C(C1CN(c2ncc(Br)cc2F)C1)N1CCc2sccc2C1. The second kappa shape index (κ2) is 5.87. The van der Waals surface area contributed by atoms with Crippen LogP contribution >= 0.6 is 27.3 Å². The van der Waals surface area contributed by atoms with Crippen LogP contribution in [0.2, 0.25) is 0 Å². The number of pyridine rings is 1. The molecule has 0 spiro atoms. The lowest BCUT2D eigenvalue weighted by molar-refractivity contribution is -0.137. The summed E-state index contributed by atoms with van der Waals surface area (Å²) in [7, 11) is 0. The summed E-state index contributed by atoms with van der Waals surface area (Å²) in [6.45, 7) is 2.57. The fourth-order valence-corrected chi connectivity index (χ4v) is 4.34. The lowest BCUT2D eigenvalue weighted by atomic mass is 9.97. The van der Waals surface area contributed by atoms with Crippen molar-refractivity contribution >= 4 is 39.0 Å². The van der Waals surface area contributed by atoms with Gasteiger partial charge in [0.2, 0.25) is 5.91 Å². The minimum Gasteiger partial charge on any atom is -0.352 e. The molecule has 0 radical (unpaired) electrons. The molecule has 23 heavy (non-hydrogen) atoms. The zero-order chi connectivity index (χ0) is 16.0. The second-order valence-electron chi connectivity index (χ2n) is 5.94. The van der Waals surface area contributed by atoms with Crippen molar-refractivity contribution in [3.8, 4) is 0 Å². The predicted octanol–water partition coefficient (Wildman–Crippen LogP) is 3.07. The van der Waals surface area contributed by atoms with Crippen LogP contribution < -0.4 is 4.90 Å². The number of halogens is 2. The van der Waals surface area contributed by atoms with Gasteiger partial charge in [-0.25, -0.2) is 9.37 Å². The van der Waals surface area contributed by atoms with E-state index in [9.17, 15) is 9.18 Å². The maximum Gasteiger partial charge on any atom is 0.229 e. The Morgan fingerprint density at radius 1 is 1.43 bits per heavy atom. The molecule has 0 N–H and O–H groups in total. The number of carbonyl (C=O) groups is 1. The Morgan fingerprint density at radius 2 is 2.26 bits per heavy atom. The molecule has 2 aromatic heterocycles. The minimum atomic E-state index is -0.355. The van der Waals surface area contributed by atoms with Gasteiger partial charge in [-0.3, -0.25) is 4.79 Å². The molecular weight excluding hydrogens is 381 g/mol. The zero-order valence-corrected chi connectivity index (χ0v) is 14.7. The summed E-state index contributed by atoms with van der Waals surface area (Å²) >= 11 is 4.97. The first-order valence-electron chi connectivity index (χ1n) is 7.52. The highest BCUT2D eigenvalue weighted by atomic mass is 79.9. The first-order chi connectivity index (χ1) is 11.1. The standard InChI is InChI=1S/C16H15BrFN3OS/c17-12-5-13(18)15(19-6-12)21-8-11(9-21)16(22)20-3-1-14-10(7-20)2-4-23-14/h2,4-6,11H,1,3,7-9H2. The minimum absolute atomic E-state index is 0.0555. The molecule has 0 aliphatic carbocycles. The van der Waals surface area contributed by atoms with Gasteiger partial charge in [0, 0.05) is 41.7 Å². The van der Waals surface area contributed by atoms with Crippen molar-refractivity contribution < 1.29 is 9.18 Å². The zero-order valence-electron chi connectivity index (χ0n) is 12.3. The maximum absolute atomic E-state index is 13.9. The quantitative estimate of drug-likeness (QED) is 0.783. The summed E-state index contributed by atoms with van der Waals surface area (Å²) in [6.07, 6.45) is 2.52. The normalized spacial score (nSPS) is 17.8. The van der Waals surface area contributed by atoms with Crippen molar-refractivity contribution in [2.24, 2.45) is 5.92 Å². The van der Waals surface area contributed by atoms with Gasteiger partial charge in [0.25, 0.3) is 0 Å². The molecule has 1 fully saturated rings. The van der Waals surface area contributed by atoms with Gasteiger partial charge in [0.15, 0.2) is 11.6 Å². The lowest BCUT2D eigenvalue weighted by Crippen LogP contribution is -2.55. The van der Waals surface area contributed by atoms with E-state index in [1.54, 1.807) is 17.5 Å². The van der Waals surface area contributed by atoms with E-state index >= 15 is 0 Å². The smallest absolute Gasteiger partial charge is 0.229 e. The van der Waals surface area contributed by atoms with E-state index in [0.717, 1.165) is 13.0 Å². The summed E-state index contributed by atoms with van der Waals surface area (Å²) in [5.74, 6) is 0.0952. The molecule has 0 bridgehead atoms. The van der Waals surface area contributed by atoms with Crippen molar-refractivity contribution in [3.63, 3.8) is 0 Å².